The molecule has 1 heterocycles. The van der Waals surface area contributed by atoms with Crippen LogP contribution in [0.3, 0.4) is 0 Å². The highest BCUT2D eigenvalue weighted by Gasteiger charge is 2.41. The van der Waals surface area contributed by atoms with Gasteiger partial charge in [0.25, 0.3) is 5.56 Å². The molecule has 0 bridgehead atoms. The van der Waals surface area contributed by atoms with E-state index in [2.05, 4.69) is 4.74 Å². The van der Waals surface area contributed by atoms with Crippen LogP contribution in [0.25, 0.3) is 0 Å². The average Bonchev–Trinajstić information content (AvgIpc) is 2.72. The topological polar surface area (TPSA) is 77.6 Å². The van der Waals surface area contributed by atoms with Crippen molar-refractivity contribution in [2.75, 3.05) is 34.3 Å². The maximum atomic E-state index is 13.5. The number of halogens is 6. The van der Waals surface area contributed by atoms with Crippen LogP contribution in [0, 0.1) is 6.92 Å². The van der Waals surface area contributed by atoms with Gasteiger partial charge in [0.2, 0.25) is 0 Å². The molecule has 2 aromatic rings. The number of nitrogens with zero attached hydrogens (tertiary/aromatic N) is 2. The number of aromatic nitrogens is 1. The second-order valence-corrected chi connectivity index (χ2v) is 7.62. The van der Waals surface area contributed by atoms with Gasteiger partial charge in [0.15, 0.2) is 0 Å². The van der Waals surface area contributed by atoms with Gasteiger partial charge < -0.3 is 19.9 Å². The molecule has 1 aromatic heterocycles. The Labute approximate surface area is 192 Å². The van der Waals surface area contributed by atoms with Crippen LogP contribution in [-0.4, -0.2) is 49.7 Å². The van der Waals surface area contributed by atoms with Gasteiger partial charge in [0.1, 0.15) is 5.69 Å². The van der Waals surface area contributed by atoms with Crippen molar-refractivity contribution in [1.29, 1.82) is 0 Å². The molecule has 0 spiro atoms. The van der Waals surface area contributed by atoms with E-state index in [1.807, 2.05) is 0 Å². The summed E-state index contributed by atoms with van der Waals surface area (Å²) in [6, 6.07) is 6.53. The van der Waals surface area contributed by atoms with Gasteiger partial charge in [0.05, 0.1) is 19.2 Å². The lowest BCUT2D eigenvalue weighted by Crippen LogP contribution is -2.36. The molecular formula is C22H27F6N3O3. The SMILES string of the molecule is COC(=O)CN.Cc1cccc(Cc2c(C(F)(F)F)cc(C(F)(F)F)n(CCN(C)C)c2=O)c1. The normalized spacial score (nSPS) is 11.8. The summed E-state index contributed by atoms with van der Waals surface area (Å²) in [6.45, 7) is 1.39. The third-order valence-corrected chi connectivity index (χ3v) is 4.62. The molecule has 2 N–H and O–H groups in total. The number of nitrogens with two attached hydrogens (primary N) is 1. The van der Waals surface area contributed by atoms with E-state index in [4.69, 9.17) is 5.73 Å². The monoisotopic (exact) mass is 495 g/mol. The van der Waals surface area contributed by atoms with E-state index < -0.39 is 41.2 Å². The standard InChI is InChI=1S/C19H20F6N2O.C3H7NO2/c1-12-5-4-6-13(9-12)10-14-15(18(20,21)22)11-16(19(23,24)25)27(17(14)28)8-7-26(2)3;1-6-3(5)2-4/h4-6,9,11H,7-8,10H2,1-3H3;2,4H2,1H3. The minimum Gasteiger partial charge on any atom is -0.468 e. The minimum atomic E-state index is -5.09. The summed E-state index contributed by atoms with van der Waals surface area (Å²) in [5.74, 6) is -0.380. The molecule has 0 saturated carbocycles. The van der Waals surface area contributed by atoms with Gasteiger partial charge in [-0.15, -0.1) is 0 Å². The van der Waals surface area contributed by atoms with Gasteiger partial charge in [-0.25, -0.2) is 0 Å². The predicted octanol–water partition coefficient (Wildman–Crippen LogP) is 3.46. The van der Waals surface area contributed by atoms with Crippen molar-refractivity contribution in [3.8, 4) is 0 Å². The molecule has 0 radical (unpaired) electrons. The fraction of sp³-hybridized carbons (Fsp3) is 0.455. The van der Waals surface area contributed by atoms with Crippen LogP contribution in [-0.2, 0) is 34.8 Å². The third kappa shape index (κ3) is 8.49. The summed E-state index contributed by atoms with van der Waals surface area (Å²) in [7, 11) is 4.49. The molecule has 0 fully saturated rings. The highest BCUT2D eigenvalue weighted by Crippen LogP contribution is 2.36. The number of esters is 1. The summed E-state index contributed by atoms with van der Waals surface area (Å²) in [6.07, 6.45) is -10.6. The Balaban J connectivity index is 0.000000852. The molecule has 0 aliphatic heterocycles. The Kier molecular flexibility index (Phi) is 10.3. The summed E-state index contributed by atoms with van der Waals surface area (Å²) < 4.78 is 85.2. The van der Waals surface area contributed by atoms with Crippen LogP contribution in [0.5, 0.6) is 0 Å². The molecule has 34 heavy (non-hydrogen) atoms. The summed E-state index contributed by atoms with van der Waals surface area (Å²) >= 11 is 0. The first-order valence-electron chi connectivity index (χ1n) is 10.00. The second kappa shape index (κ2) is 12.0. The summed E-state index contributed by atoms with van der Waals surface area (Å²) in [4.78, 5) is 24.1. The van der Waals surface area contributed by atoms with Crippen molar-refractivity contribution in [2.45, 2.75) is 32.2 Å². The second-order valence-electron chi connectivity index (χ2n) is 7.62. The number of carbonyl (C=O) groups excluding carboxylic acids is 1. The maximum absolute atomic E-state index is 13.5. The lowest BCUT2D eigenvalue weighted by atomic mass is 9.98. The van der Waals surface area contributed by atoms with E-state index in [1.54, 1.807) is 44.1 Å². The Hall–Kier alpha value is -2.86. The van der Waals surface area contributed by atoms with Gasteiger partial charge in [0, 0.05) is 25.1 Å². The number of ether oxygens (including phenoxy) is 1. The van der Waals surface area contributed by atoms with Crippen molar-refractivity contribution >= 4 is 5.97 Å². The number of benzene rings is 1. The molecule has 0 aliphatic carbocycles. The Morgan fingerprint density at radius 2 is 1.71 bits per heavy atom. The van der Waals surface area contributed by atoms with E-state index in [-0.39, 0.29) is 31.7 Å². The number of pyridine rings is 1. The summed E-state index contributed by atoms with van der Waals surface area (Å²) in [5.41, 5.74) is 0.887. The number of rotatable bonds is 6. The van der Waals surface area contributed by atoms with Gasteiger partial charge in [-0.2, -0.15) is 26.3 Å². The number of likely N-dealkylation sites (N-methyl/N-ethyl adjacent to an activating group) is 1. The van der Waals surface area contributed by atoms with E-state index >= 15 is 0 Å². The maximum Gasteiger partial charge on any atom is 0.431 e. The molecule has 12 heteroatoms. The quantitative estimate of drug-likeness (QED) is 0.491. The molecule has 190 valence electrons. The molecular weight excluding hydrogens is 468 g/mol. The van der Waals surface area contributed by atoms with Crippen LogP contribution in [0.15, 0.2) is 35.1 Å². The van der Waals surface area contributed by atoms with E-state index in [0.717, 1.165) is 5.56 Å². The number of hydrogen-bond donors (Lipinski definition) is 1. The first-order chi connectivity index (χ1) is 15.6. The lowest BCUT2D eigenvalue weighted by Gasteiger charge is -2.22. The zero-order valence-corrected chi connectivity index (χ0v) is 19.2. The van der Waals surface area contributed by atoms with E-state index in [0.29, 0.717) is 10.1 Å². The highest BCUT2D eigenvalue weighted by molar-refractivity contribution is 5.71. The molecule has 1 aromatic carbocycles. The van der Waals surface area contributed by atoms with Crippen molar-refractivity contribution in [3.05, 3.63) is 68.6 Å². The smallest absolute Gasteiger partial charge is 0.431 e. The first-order valence-corrected chi connectivity index (χ1v) is 10.00. The molecule has 6 nitrogen and oxygen atoms in total. The number of alkyl halides is 6. The lowest BCUT2D eigenvalue weighted by molar-refractivity contribution is -0.148. The van der Waals surface area contributed by atoms with E-state index in [9.17, 15) is 35.9 Å². The molecule has 0 aliphatic rings. The van der Waals surface area contributed by atoms with Gasteiger partial charge in [-0.3, -0.25) is 9.59 Å². The average molecular weight is 495 g/mol. The van der Waals surface area contributed by atoms with Crippen molar-refractivity contribution in [1.82, 2.24) is 9.47 Å². The Morgan fingerprint density at radius 1 is 1.09 bits per heavy atom. The van der Waals surface area contributed by atoms with Crippen molar-refractivity contribution < 1.29 is 35.9 Å². The molecule has 0 unspecified atom stereocenters. The van der Waals surface area contributed by atoms with Gasteiger partial charge in [-0.1, -0.05) is 29.8 Å². The number of methoxy groups -OCH3 is 1. The molecule has 0 saturated heterocycles. The Bertz CT molecular complexity index is 1020. The third-order valence-electron chi connectivity index (χ3n) is 4.62. The number of aryl methyl sites for hydroxylation is 1. The molecule has 0 atom stereocenters. The minimum absolute atomic E-state index is 0.0312. The highest BCUT2D eigenvalue weighted by atomic mass is 19.4. The summed E-state index contributed by atoms with van der Waals surface area (Å²) in [5, 5.41) is 0. The zero-order valence-electron chi connectivity index (χ0n) is 19.2. The fourth-order valence-corrected chi connectivity index (χ4v) is 2.98. The van der Waals surface area contributed by atoms with Gasteiger partial charge >= 0.3 is 18.3 Å². The van der Waals surface area contributed by atoms with Crippen LogP contribution in [0.4, 0.5) is 26.3 Å². The van der Waals surface area contributed by atoms with Gasteiger partial charge in [-0.05, 0) is 32.6 Å². The Morgan fingerprint density at radius 3 is 2.12 bits per heavy atom. The first kappa shape index (κ1) is 29.2. The van der Waals surface area contributed by atoms with Crippen LogP contribution < -0.4 is 11.3 Å². The zero-order chi connectivity index (χ0) is 26.3. The fourth-order valence-electron chi connectivity index (χ4n) is 2.98. The van der Waals surface area contributed by atoms with Crippen LogP contribution in [0.2, 0.25) is 0 Å². The largest absolute Gasteiger partial charge is 0.468 e. The van der Waals surface area contributed by atoms with Crippen molar-refractivity contribution in [3.63, 3.8) is 0 Å². The van der Waals surface area contributed by atoms with E-state index in [1.165, 1.54) is 13.2 Å². The molecule has 2 rings (SSSR count). The van der Waals surface area contributed by atoms with Crippen LogP contribution >= 0.6 is 0 Å². The molecule has 0 amide bonds. The van der Waals surface area contributed by atoms with Crippen LogP contribution in [0.1, 0.15) is 27.9 Å². The number of carbonyl (C=O) groups is 1. The predicted molar refractivity (Wildman–Crippen MR) is 114 cm³/mol. The van der Waals surface area contributed by atoms with Crippen molar-refractivity contribution in [2.24, 2.45) is 5.73 Å². The number of hydrogen-bond acceptors (Lipinski definition) is 5.